The molecule has 8 heteroatoms. The molecule has 5 nitrogen and oxygen atoms in total. The molecule has 0 saturated heterocycles. The van der Waals surface area contributed by atoms with E-state index in [1.54, 1.807) is 0 Å². The topological polar surface area (TPSA) is 79.5 Å². The lowest BCUT2D eigenvalue weighted by molar-refractivity contribution is -0.142. The Morgan fingerprint density at radius 3 is 2.86 bits per heavy atom. The molecule has 21 heavy (non-hydrogen) atoms. The van der Waals surface area contributed by atoms with E-state index in [0.29, 0.717) is 24.6 Å². The zero-order valence-corrected chi connectivity index (χ0v) is 11.9. The smallest absolute Gasteiger partial charge is 0.308 e. The fourth-order valence-corrected chi connectivity index (χ4v) is 2.84. The molecule has 2 atom stereocenters. The highest BCUT2D eigenvalue weighted by Gasteiger charge is 2.34. The molecule has 1 aliphatic rings. The van der Waals surface area contributed by atoms with Gasteiger partial charge < -0.3 is 14.8 Å². The summed E-state index contributed by atoms with van der Waals surface area (Å²) < 4.78 is 29.3. The van der Waals surface area contributed by atoms with Crippen LogP contribution in [0, 0.1) is 5.92 Å². The lowest BCUT2D eigenvalue weighted by Crippen LogP contribution is -2.40. The molecule has 2 rings (SSSR count). The van der Waals surface area contributed by atoms with E-state index >= 15 is 0 Å². The van der Waals surface area contributed by atoms with Gasteiger partial charge in [0.05, 0.1) is 11.7 Å². The third-order valence-electron chi connectivity index (χ3n) is 3.39. The molecule has 0 aliphatic heterocycles. The van der Waals surface area contributed by atoms with Gasteiger partial charge in [-0.3, -0.25) is 9.59 Å². The Morgan fingerprint density at radius 2 is 2.19 bits per heavy atom. The predicted octanol–water partition coefficient (Wildman–Crippen LogP) is 2.72. The van der Waals surface area contributed by atoms with Gasteiger partial charge in [0.25, 0.3) is 11.7 Å². The van der Waals surface area contributed by atoms with E-state index in [4.69, 9.17) is 9.52 Å². The normalized spacial score (nSPS) is 21.7. The van der Waals surface area contributed by atoms with Gasteiger partial charge in [0.2, 0.25) is 0 Å². The number of carboxylic acid groups (broad SMARTS) is 1. The van der Waals surface area contributed by atoms with Crippen LogP contribution in [0.15, 0.2) is 16.5 Å². The fourth-order valence-electron chi connectivity index (χ4n) is 2.39. The molecule has 1 amide bonds. The first-order chi connectivity index (χ1) is 9.97. The Kier molecular flexibility index (Phi) is 5.22. The minimum atomic E-state index is -2.50. The number of hydrogen-bond acceptors (Lipinski definition) is 4. The lowest BCUT2D eigenvalue weighted by atomic mass is 10.0. The molecule has 0 radical (unpaired) electrons. The standard InChI is InChI=1S/C13H15F2NO4S/c14-13(15)21-6-7-4-5-10(20-7)11(17)16-9-3-1-2-8(9)12(18)19/h4-5,8-9,13H,1-3,6H2,(H,16,17)(H,18,19). The van der Waals surface area contributed by atoms with Crippen molar-refractivity contribution in [3.63, 3.8) is 0 Å². The zero-order chi connectivity index (χ0) is 15.4. The van der Waals surface area contributed by atoms with Crippen LogP contribution in [0.2, 0.25) is 0 Å². The lowest BCUT2D eigenvalue weighted by Gasteiger charge is -2.16. The minimum Gasteiger partial charge on any atom is -0.481 e. The number of rotatable bonds is 6. The molecule has 0 bridgehead atoms. The van der Waals surface area contributed by atoms with Crippen molar-refractivity contribution in [1.29, 1.82) is 0 Å². The highest BCUT2D eigenvalue weighted by atomic mass is 32.2. The Hall–Kier alpha value is -1.57. The van der Waals surface area contributed by atoms with Gasteiger partial charge in [-0.15, -0.1) is 0 Å². The van der Waals surface area contributed by atoms with E-state index in [0.717, 1.165) is 6.42 Å². The Labute approximate surface area is 124 Å². The summed E-state index contributed by atoms with van der Waals surface area (Å²) in [5, 5.41) is 11.7. The van der Waals surface area contributed by atoms with Crippen molar-refractivity contribution in [1.82, 2.24) is 5.32 Å². The number of hydrogen-bond donors (Lipinski definition) is 2. The molecule has 1 aromatic heterocycles. The van der Waals surface area contributed by atoms with Crippen molar-refractivity contribution >= 4 is 23.6 Å². The summed E-state index contributed by atoms with van der Waals surface area (Å²) in [7, 11) is 0. The molecule has 1 saturated carbocycles. The Balaban J connectivity index is 1.93. The van der Waals surface area contributed by atoms with Crippen LogP contribution in [0.3, 0.4) is 0 Å². The largest absolute Gasteiger partial charge is 0.481 e. The second kappa shape index (κ2) is 6.93. The summed E-state index contributed by atoms with van der Waals surface area (Å²) in [5.41, 5.74) is 0. The van der Waals surface area contributed by atoms with Gasteiger partial charge in [-0.25, -0.2) is 0 Å². The number of amides is 1. The van der Waals surface area contributed by atoms with E-state index in [-0.39, 0.29) is 17.3 Å². The maximum Gasteiger partial charge on any atom is 0.308 e. The molecule has 1 aliphatic carbocycles. The van der Waals surface area contributed by atoms with Crippen LogP contribution in [-0.2, 0) is 10.5 Å². The summed E-state index contributed by atoms with van der Waals surface area (Å²) in [6.45, 7) is 0. The first kappa shape index (κ1) is 15.8. The van der Waals surface area contributed by atoms with Gasteiger partial charge in [0.1, 0.15) is 5.76 Å². The average Bonchev–Trinajstić information content (AvgIpc) is 3.04. The summed E-state index contributed by atoms with van der Waals surface area (Å²) >= 11 is 0.410. The number of thioether (sulfide) groups is 1. The highest BCUT2D eigenvalue weighted by molar-refractivity contribution is 7.98. The van der Waals surface area contributed by atoms with Crippen LogP contribution in [0.25, 0.3) is 0 Å². The third kappa shape index (κ3) is 4.20. The molecule has 0 spiro atoms. The summed E-state index contributed by atoms with van der Waals surface area (Å²) in [4.78, 5) is 23.0. The van der Waals surface area contributed by atoms with Crippen molar-refractivity contribution in [2.45, 2.75) is 36.8 Å². The van der Waals surface area contributed by atoms with Crippen LogP contribution >= 0.6 is 11.8 Å². The molecule has 2 N–H and O–H groups in total. The monoisotopic (exact) mass is 319 g/mol. The number of halogens is 2. The van der Waals surface area contributed by atoms with Gasteiger partial charge in [-0.2, -0.15) is 8.78 Å². The second-order valence-corrected chi connectivity index (χ2v) is 5.77. The zero-order valence-electron chi connectivity index (χ0n) is 11.1. The summed E-state index contributed by atoms with van der Waals surface area (Å²) in [6, 6.07) is 2.45. The van der Waals surface area contributed by atoms with E-state index in [2.05, 4.69) is 5.32 Å². The van der Waals surface area contributed by atoms with Crippen molar-refractivity contribution in [2.75, 3.05) is 0 Å². The Bertz CT molecular complexity index is 520. The average molecular weight is 319 g/mol. The molecule has 2 unspecified atom stereocenters. The maximum absolute atomic E-state index is 12.1. The van der Waals surface area contributed by atoms with Gasteiger partial charge in [0.15, 0.2) is 5.76 Å². The van der Waals surface area contributed by atoms with Gasteiger partial charge in [-0.05, 0) is 25.0 Å². The number of nitrogens with one attached hydrogen (secondary N) is 1. The molecule has 1 heterocycles. The molecular formula is C13H15F2NO4S. The third-order valence-corrected chi connectivity index (χ3v) is 4.09. The van der Waals surface area contributed by atoms with E-state index in [1.165, 1.54) is 12.1 Å². The number of furan rings is 1. The van der Waals surface area contributed by atoms with Crippen molar-refractivity contribution in [3.05, 3.63) is 23.7 Å². The quantitative estimate of drug-likeness (QED) is 0.843. The Morgan fingerprint density at radius 1 is 1.43 bits per heavy atom. The summed E-state index contributed by atoms with van der Waals surface area (Å²) in [5.74, 6) is -4.25. The van der Waals surface area contributed by atoms with Crippen molar-refractivity contribution in [3.8, 4) is 0 Å². The van der Waals surface area contributed by atoms with Crippen LogP contribution in [0.5, 0.6) is 0 Å². The fraction of sp³-hybridized carbons (Fsp3) is 0.538. The number of alkyl halides is 2. The summed E-state index contributed by atoms with van der Waals surface area (Å²) in [6.07, 6.45) is 1.89. The highest BCUT2D eigenvalue weighted by Crippen LogP contribution is 2.26. The number of carboxylic acids is 1. The van der Waals surface area contributed by atoms with Crippen LogP contribution in [-0.4, -0.2) is 28.8 Å². The van der Waals surface area contributed by atoms with Gasteiger partial charge in [0, 0.05) is 6.04 Å². The van der Waals surface area contributed by atoms with Crippen LogP contribution in [0.1, 0.15) is 35.6 Å². The SMILES string of the molecule is O=C(NC1CCCC1C(=O)O)c1ccc(CSC(F)F)o1. The van der Waals surface area contributed by atoms with Gasteiger partial charge in [-0.1, -0.05) is 18.2 Å². The first-order valence-corrected chi connectivity index (χ1v) is 7.54. The number of aliphatic carboxylic acids is 1. The molecule has 1 aromatic rings. The second-order valence-electron chi connectivity index (χ2n) is 4.79. The minimum absolute atomic E-state index is 0.0101. The maximum atomic E-state index is 12.1. The van der Waals surface area contributed by atoms with Crippen LogP contribution in [0.4, 0.5) is 8.78 Å². The number of carbonyl (C=O) groups excluding carboxylic acids is 1. The van der Waals surface area contributed by atoms with Crippen molar-refractivity contribution in [2.24, 2.45) is 5.92 Å². The van der Waals surface area contributed by atoms with E-state index < -0.39 is 29.6 Å². The van der Waals surface area contributed by atoms with Crippen molar-refractivity contribution < 1.29 is 27.9 Å². The molecular weight excluding hydrogens is 304 g/mol. The number of carbonyl (C=O) groups is 2. The molecule has 0 aromatic carbocycles. The van der Waals surface area contributed by atoms with Gasteiger partial charge >= 0.3 is 5.97 Å². The molecule has 116 valence electrons. The predicted molar refractivity (Wildman–Crippen MR) is 72.2 cm³/mol. The first-order valence-electron chi connectivity index (χ1n) is 6.49. The van der Waals surface area contributed by atoms with Crippen LogP contribution < -0.4 is 5.32 Å². The van der Waals surface area contributed by atoms with E-state index in [9.17, 15) is 18.4 Å². The van der Waals surface area contributed by atoms with E-state index in [1.807, 2.05) is 0 Å². The molecule has 1 fully saturated rings.